The van der Waals surface area contributed by atoms with Gasteiger partial charge < -0.3 is 19.3 Å². The van der Waals surface area contributed by atoms with Gasteiger partial charge in [0.25, 0.3) is 0 Å². The Hall–Kier alpha value is -3.20. The van der Waals surface area contributed by atoms with Crippen LogP contribution < -0.4 is 0 Å². The van der Waals surface area contributed by atoms with Gasteiger partial charge in [0.2, 0.25) is 0 Å². The molecule has 0 radical (unpaired) electrons. The zero-order valence-electron chi connectivity index (χ0n) is 22.3. The molecule has 2 unspecified atom stereocenters. The van der Waals surface area contributed by atoms with Crippen molar-refractivity contribution in [1.29, 1.82) is 5.26 Å². The molecule has 1 amide bonds. The third-order valence-electron chi connectivity index (χ3n) is 6.00. The molecule has 190 valence electrons. The van der Waals surface area contributed by atoms with E-state index in [-0.39, 0.29) is 18.2 Å². The minimum absolute atomic E-state index is 0.0607. The van der Waals surface area contributed by atoms with Crippen LogP contribution in [0.2, 0.25) is 0 Å². The number of nitrogens with zero attached hydrogens (tertiary/aromatic N) is 3. The second-order valence-corrected chi connectivity index (χ2v) is 9.98. The Labute approximate surface area is 211 Å². The molecule has 0 aliphatic carbocycles. The van der Waals surface area contributed by atoms with Gasteiger partial charge in [-0.15, -0.1) is 0 Å². The predicted molar refractivity (Wildman–Crippen MR) is 141 cm³/mol. The lowest BCUT2D eigenvalue weighted by Crippen LogP contribution is -2.53. The maximum absolute atomic E-state index is 12.9. The molecule has 2 aliphatic rings. The second kappa shape index (κ2) is 12.5. The van der Waals surface area contributed by atoms with Crippen LogP contribution >= 0.6 is 0 Å². The first-order valence-corrected chi connectivity index (χ1v) is 12.5. The number of amides is 1. The average molecular weight is 480 g/mol. The predicted octanol–water partition coefficient (Wildman–Crippen LogP) is 7.12. The summed E-state index contributed by atoms with van der Waals surface area (Å²) in [6.45, 7) is 20.6. The minimum Gasteiger partial charge on any atom is -0.453 e. The van der Waals surface area contributed by atoms with Gasteiger partial charge in [-0.05, 0) is 78.5 Å². The van der Waals surface area contributed by atoms with Gasteiger partial charge in [0.15, 0.2) is 5.76 Å². The normalized spacial score (nSPS) is 22.9. The molecule has 0 spiro atoms. The summed E-state index contributed by atoms with van der Waals surface area (Å²) in [6, 6.07) is 2.34. The van der Waals surface area contributed by atoms with Crippen LogP contribution in [0.3, 0.4) is 0 Å². The van der Waals surface area contributed by atoms with Crippen LogP contribution in [0.5, 0.6) is 0 Å². The lowest BCUT2D eigenvalue weighted by Gasteiger charge is -2.46. The molecule has 0 aromatic rings. The third kappa shape index (κ3) is 7.39. The number of allylic oxidation sites excluding steroid dienone is 6. The monoisotopic (exact) mass is 479 g/mol. The Kier molecular flexibility index (Phi) is 10.0. The number of hydrogen-bond acceptors (Lipinski definition) is 5. The van der Waals surface area contributed by atoms with Gasteiger partial charge in [-0.25, -0.2) is 4.79 Å². The molecule has 0 aromatic carbocycles. The number of nitriles is 1. The summed E-state index contributed by atoms with van der Waals surface area (Å²) < 4.78 is 11.9. The number of hydrogen-bond donors (Lipinski definition) is 0. The largest absolute Gasteiger partial charge is 0.453 e. The number of carbonyl (C=O) groups is 1. The van der Waals surface area contributed by atoms with E-state index in [4.69, 9.17) is 9.47 Å². The highest BCUT2D eigenvalue weighted by Crippen LogP contribution is 2.38. The maximum Gasteiger partial charge on any atom is 0.410 e. The Morgan fingerprint density at radius 3 is 2.66 bits per heavy atom. The molecule has 35 heavy (non-hydrogen) atoms. The summed E-state index contributed by atoms with van der Waals surface area (Å²) in [5.41, 5.74) is 1.57. The van der Waals surface area contributed by atoms with Gasteiger partial charge in [-0.2, -0.15) is 5.26 Å². The van der Waals surface area contributed by atoms with E-state index >= 15 is 0 Å². The minimum atomic E-state index is -0.533. The van der Waals surface area contributed by atoms with Crippen LogP contribution in [0.1, 0.15) is 73.6 Å². The Bertz CT molecular complexity index is 972. The van der Waals surface area contributed by atoms with E-state index in [1.54, 1.807) is 19.1 Å². The molecule has 0 aromatic heterocycles. The zero-order valence-corrected chi connectivity index (χ0v) is 22.3. The molecular formula is C29H41N3O3. The van der Waals surface area contributed by atoms with E-state index in [0.717, 1.165) is 37.1 Å². The Morgan fingerprint density at radius 1 is 1.37 bits per heavy atom. The van der Waals surface area contributed by atoms with Gasteiger partial charge in [-0.3, -0.25) is 0 Å². The molecule has 0 saturated carbocycles. The van der Waals surface area contributed by atoms with E-state index in [0.29, 0.717) is 30.1 Å². The van der Waals surface area contributed by atoms with E-state index in [1.807, 2.05) is 50.8 Å². The van der Waals surface area contributed by atoms with Crippen molar-refractivity contribution in [2.75, 3.05) is 6.54 Å². The van der Waals surface area contributed by atoms with Crippen molar-refractivity contribution in [2.24, 2.45) is 0 Å². The Balaban J connectivity index is 2.45. The quantitative estimate of drug-likeness (QED) is 0.287. The summed E-state index contributed by atoms with van der Waals surface area (Å²) >= 11 is 0. The molecule has 1 fully saturated rings. The van der Waals surface area contributed by atoms with E-state index < -0.39 is 5.60 Å². The van der Waals surface area contributed by atoms with Crippen molar-refractivity contribution in [3.05, 3.63) is 72.0 Å². The Morgan fingerprint density at radius 2 is 2.09 bits per heavy atom. The molecule has 6 nitrogen and oxygen atoms in total. The van der Waals surface area contributed by atoms with Crippen molar-refractivity contribution in [1.82, 2.24) is 9.80 Å². The maximum atomic E-state index is 12.9. The molecule has 0 bridgehead atoms. The number of rotatable bonds is 7. The number of piperidine rings is 1. The van der Waals surface area contributed by atoms with Crippen LogP contribution in [0.4, 0.5) is 4.79 Å². The van der Waals surface area contributed by atoms with Gasteiger partial charge >= 0.3 is 6.09 Å². The lowest BCUT2D eigenvalue weighted by atomic mass is 9.91. The van der Waals surface area contributed by atoms with Crippen LogP contribution in [-0.2, 0) is 9.47 Å². The summed E-state index contributed by atoms with van der Waals surface area (Å²) in [5, 5.41) is 9.36. The molecule has 2 rings (SSSR count). The fourth-order valence-corrected chi connectivity index (χ4v) is 4.46. The van der Waals surface area contributed by atoms with E-state index in [2.05, 4.69) is 31.1 Å². The highest BCUT2D eigenvalue weighted by Gasteiger charge is 2.39. The molecule has 2 heterocycles. The fraction of sp³-hybridized carbons (Fsp3) is 0.517. The SMILES string of the molecule is C=CC1=C(/C=C(\C)C#N)O/C(=C/C/C=C\C)C(=C)N1C1CCN(C(=O)OC(C)(C)C)C(CCC)C1. The number of likely N-dealkylation sites (tertiary alicyclic amines) is 1. The summed E-state index contributed by atoms with van der Waals surface area (Å²) in [7, 11) is 0. The van der Waals surface area contributed by atoms with Crippen molar-refractivity contribution in [2.45, 2.75) is 91.3 Å². The number of ether oxygens (including phenoxy) is 2. The molecule has 6 heteroatoms. The third-order valence-corrected chi connectivity index (χ3v) is 6.00. The van der Waals surface area contributed by atoms with E-state index in [1.165, 1.54) is 0 Å². The van der Waals surface area contributed by atoms with Crippen molar-refractivity contribution in [3.63, 3.8) is 0 Å². The molecular weight excluding hydrogens is 438 g/mol. The van der Waals surface area contributed by atoms with Crippen LogP contribution in [-0.4, -0.2) is 40.1 Å². The van der Waals surface area contributed by atoms with Gasteiger partial charge in [0, 0.05) is 24.2 Å². The van der Waals surface area contributed by atoms with Gasteiger partial charge in [0.05, 0.1) is 17.5 Å². The first kappa shape index (κ1) is 28.0. The molecule has 2 aliphatic heterocycles. The smallest absolute Gasteiger partial charge is 0.410 e. The molecule has 2 atom stereocenters. The van der Waals surface area contributed by atoms with E-state index in [9.17, 15) is 10.1 Å². The molecule has 0 N–H and O–H groups in total. The first-order chi connectivity index (χ1) is 16.6. The van der Waals surface area contributed by atoms with Crippen molar-refractivity contribution in [3.8, 4) is 6.07 Å². The first-order valence-electron chi connectivity index (χ1n) is 12.5. The fourth-order valence-electron chi connectivity index (χ4n) is 4.46. The summed E-state index contributed by atoms with van der Waals surface area (Å²) in [4.78, 5) is 17.0. The number of carbonyl (C=O) groups excluding carboxylic acids is 1. The lowest BCUT2D eigenvalue weighted by molar-refractivity contribution is 0.000888. The van der Waals surface area contributed by atoms with Crippen LogP contribution in [0.15, 0.2) is 72.0 Å². The average Bonchev–Trinajstić information content (AvgIpc) is 2.79. The zero-order chi connectivity index (χ0) is 26.2. The summed E-state index contributed by atoms with van der Waals surface area (Å²) in [6.07, 6.45) is 13.4. The second-order valence-electron chi connectivity index (χ2n) is 9.98. The van der Waals surface area contributed by atoms with Crippen LogP contribution in [0.25, 0.3) is 0 Å². The van der Waals surface area contributed by atoms with Gasteiger partial charge in [0.1, 0.15) is 11.4 Å². The highest BCUT2D eigenvalue weighted by molar-refractivity contribution is 5.68. The van der Waals surface area contributed by atoms with Gasteiger partial charge in [-0.1, -0.05) is 38.7 Å². The summed E-state index contributed by atoms with van der Waals surface area (Å²) in [5.74, 6) is 1.26. The highest BCUT2D eigenvalue weighted by atomic mass is 16.6. The molecule has 1 saturated heterocycles. The standard InChI is InChI=1S/C29H41N3O3/c1-9-12-13-15-26-22(5)32(25(11-3)27(34-26)18-21(4)20-30)24-16-17-31(23(19-24)14-10-2)28(33)35-29(6,7)8/h9,11-12,15,18,23-24H,3,5,10,13-14,16-17,19H2,1-2,4,6-8H3/b12-9-,21-18+,26-15+. The van der Waals surface area contributed by atoms with Crippen LogP contribution in [0, 0.1) is 11.3 Å². The van der Waals surface area contributed by atoms with Crippen molar-refractivity contribution >= 4 is 6.09 Å². The van der Waals surface area contributed by atoms with Crippen molar-refractivity contribution < 1.29 is 14.3 Å². The topological polar surface area (TPSA) is 65.8 Å².